The molecule has 0 unspecified atom stereocenters. The van der Waals surface area contributed by atoms with Crippen LogP contribution in [-0.2, 0) is 6.42 Å². The average molecular weight is 547 g/mol. The molecule has 0 aliphatic heterocycles. The zero-order valence-corrected chi connectivity index (χ0v) is 23.3. The maximum Gasteiger partial charge on any atom is 0.164 e. The normalized spacial score (nSPS) is 11.1. The van der Waals surface area contributed by atoms with Crippen molar-refractivity contribution in [2.75, 3.05) is 0 Å². The van der Waals surface area contributed by atoms with Gasteiger partial charge in [-0.1, -0.05) is 122 Å². The Morgan fingerprint density at radius 1 is 0.463 bits per heavy atom. The van der Waals surface area contributed by atoms with Crippen LogP contribution in [0.5, 0.6) is 0 Å². The van der Waals surface area contributed by atoms with Gasteiger partial charge < -0.3 is 0 Å². The lowest BCUT2D eigenvalue weighted by atomic mass is 9.98. The number of thiazole rings is 1. The molecule has 0 fully saturated rings. The summed E-state index contributed by atoms with van der Waals surface area (Å²) in [5.74, 6) is 1.94. The molecule has 0 saturated heterocycles. The average Bonchev–Trinajstić information content (AvgIpc) is 3.48. The van der Waals surface area contributed by atoms with Crippen molar-refractivity contribution < 1.29 is 0 Å². The van der Waals surface area contributed by atoms with Gasteiger partial charge in [0.1, 0.15) is 0 Å². The van der Waals surface area contributed by atoms with Crippen molar-refractivity contribution in [3.05, 3.63) is 132 Å². The van der Waals surface area contributed by atoms with Gasteiger partial charge in [0.2, 0.25) is 0 Å². The fraction of sp³-hybridized carbons (Fsp3) is 0.0556. The van der Waals surface area contributed by atoms with Crippen molar-refractivity contribution in [3.8, 4) is 56.4 Å². The van der Waals surface area contributed by atoms with Crippen molar-refractivity contribution >= 4 is 21.6 Å². The van der Waals surface area contributed by atoms with E-state index in [4.69, 9.17) is 19.9 Å². The molecule has 0 amide bonds. The Kier molecular flexibility index (Phi) is 6.63. The molecular formula is C36H26N4S. The van der Waals surface area contributed by atoms with Crippen LogP contribution >= 0.6 is 11.3 Å². The number of aryl methyl sites for hydroxylation is 1. The molecule has 4 nitrogen and oxygen atoms in total. The molecule has 0 aliphatic carbocycles. The maximum atomic E-state index is 5.03. The molecule has 7 rings (SSSR count). The van der Waals surface area contributed by atoms with Gasteiger partial charge in [-0.15, -0.1) is 11.3 Å². The number of rotatable bonds is 6. The minimum Gasteiger partial charge on any atom is -0.241 e. The Labute approximate surface area is 243 Å². The van der Waals surface area contributed by atoms with Crippen LogP contribution in [0.1, 0.15) is 11.9 Å². The highest BCUT2D eigenvalue weighted by Crippen LogP contribution is 2.35. The molecule has 41 heavy (non-hydrogen) atoms. The van der Waals surface area contributed by atoms with Gasteiger partial charge in [-0.25, -0.2) is 19.9 Å². The highest BCUT2D eigenvalue weighted by atomic mass is 32.1. The Hall–Kier alpha value is -5.00. The van der Waals surface area contributed by atoms with Crippen LogP contribution in [0.15, 0.2) is 127 Å². The van der Waals surface area contributed by atoms with E-state index in [1.165, 1.54) is 10.3 Å². The zero-order valence-electron chi connectivity index (χ0n) is 22.5. The van der Waals surface area contributed by atoms with Gasteiger partial charge in [-0.3, -0.25) is 0 Å². The van der Waals surface area contributed by atoms with Crippen molar-refractivity contribution in [1.82, 2.24) is 19.9 Å². The molecule has 5 heteroatoms. The van der Waals surface area contributed by atoms with Gasteiger partial charge in [0.25, 0.3) is 0 Å². The van der Waals surface area contributed by atoms with E-state index in [-0.39, 0.29) is 0 Å². The first-order valence-corrected chi connectivity index (χ1v) is 14.5. The molecule has 7 aromatic rings. The fourth-order valence-corrected chi connectivity index (χ4v) is 5.90. The smallest absolute Gasteiger partial charge is 0.164 e. The molecule has 2 heterocycles. The van der Waals surface area contributed by atoms with Crippen molar-refractivity contribution in [2.45, 2.75) is 13.3 Å². The first-order chi connectivity index (χ1) is 20.2. The van der Waals surface area contributed by atoms with Crippen molar-refractivity contribution in [1.29, 1.82) is 0 Å². The van der Waals surface area contributed by atoms with E-state index in [0.29, 0.717) is 17.5 Å². The van der Waals surface area contributed by atoms with Gasteiger partial charge in [-0.2, -0.15) is 0 Å². The Morgan fingerprint density at radius 3 is 1.66 bits per heavy atom. The summed E-state index contributed by atoms with van der Waals surface area (Å²) in [5, 5.41) is 1.15. The molecule has 2 aromatic heterocycles. The van der Waals surface area contributed by atoms with Crippen LogP contribution in [0.2, 0.25) is 0 Å². The van der Waals surface area contributed by atoms with Crippen LogP contribution in [0.25, 0.3) is 66.6 Å². The van der Waals surface area contributed by atoms with Crippen LogP contribution in [0.3, 0.4) is 0 Å². The monoisotopic (exact) mass is 546 g/mol. The molecule has 0 radical (unpaired) electrons. The minimum atomic E-state index is 0.643. The summed E-state index contributed by atoms with van der Waals surface area (Å²) in [6.07, 6.45) is 0.938. The van der Waals surface area contributed by atoms with Crippen LogP contribution in [0, 0.1) is 0 Å². The van der Waals surface area contributed by atoms with E-state index in [9.17, 15) is 0 Å². The van der Waals surface area contributed by atoms with E-state index in [2.05, 4.69) is 91.9 Å². The van der Waals surface area contributed by atoms with Gasteiger partial charge >= 0.3 is 0 Å². The standard InChI is InChI=1S/C36H26N4S/c1-2-33-37-31-23-28(21-22-32(31)41-33)29-15-9-10-16-30(29)36-39-34(26-13-7-4-8-14-26)38-35(40-36)27-19-17-25(18-20-27)24-11-5-3-6-12-24/h3-23H,2H2,1H3. The Bertz CT molecular complexity index is 1960. The predicted octanol–water partition coefficient (Wildman–Crippen LogP) is 9.38. The number of benzene rings is 5. The quantitative estimate of drug-likeness (QED) is 0.208. The first-order valence-electron chi connectivity index (χ1n) is 13.7. The van der Waals surface area contributed by atoms with E-state index >= 15 is 0 Å². The molecule has 0 saturated carbocycles. The summed E-state index contributed by atoms with van der Waals surface area (Å²) in [6.45, 7) is 2.14. The van der Waals surface area contributed by atoms with Gasteiger partial charge in [0.05, 0.1) is 15.2 Å². The largest absolute Gasteiger partial charge is 0.241 e. The van der Waals surface area contributed by atoms with Crippen LogP contribution in [-0.4, -0.2) is 19.9 Å². The molecule has 0 bridgehead atoms. The SMILES string of the molecule is CCc1nc2cc(-c3ccccc3-c3nc(-c4ccccc4)nc(-c4ccc(-c5ccccc5)cc4)n3)ccc2s1. The third-order valence-electron chi connectivity index (χ3n) is 7.13. The van der Waals surface area contributed by atoms with Crippen molar-refractivity contribution in [2.24, 2.45) is 0 Å². The summed E-state index contributed by atoms with van der Waals surface area (Å²) in [5.41, 5.74) is 8.37. The molecule has 0 atom stereocenters. The second-order valence-corrected chi connectivity index (χ2v) is 10.9. The summed E-state index contributed by atoms with van der Waals surface area (Å²) < 4.78 is 1.20. The Balaban J connectivity index is 1.36. The third kappa shape index (κ3) is 5.04. The van der Waals surface area contributed by atoms with Crippen LogP contribution < -0.4 is 0 Å². The molecule has 0 spiro atoms. The van der Waals surface area contributed by atoms with E-state index in [1.54, 1.807) is 11.3 Å². The lowest BCUT2D eigenvalue weighted by Crippen LogP contribution is -2.01. The van der Waals surface area contributed by atoms with Gasteiger partial charge in [-0.05, 0) is 40.8 Å². The summed E-state index contributed by atoms with van der Waals surface area (Å²) >= 11 is 1.76. The predicted molar refractivity (Wildman–Crippen MR) is 170 cm³/mol. The van der Waals surface area contributed by atoms with Gasteiger partial charge in [0, 0.05) is 16.7 Å². The number of aromatic nitrogens is 4. The summed E-state index contributed by atoms with van der Waals surface area (Å²) in [4.78, 5) is 19.8. The highest BCUT2D eigenvalue weighted by molar-refractivity contribution is 7.18. The second kappa shape index (κ2) is 10.9. The molecule has 0 aliphatic rings. The number of hydrogen-bond donors (Lipinski definition) is 0. The topological polar surface area (TPSA) is 51.6 Å². The van der Waals surface area contributed by atoms with Gasteiger partial charge in [0.15, 0.2) is 17.5 Å². The van der Waals surface area contributed by atoms with Crippen molar-refractivity contribution in [3.63, 3.8) is 0 Å². The fourth-order valence-electron chi connectivity index (χ4n) is 5.01. The first kappa shape index (κ1) is 25.0. The zero-order chi connectivity index (χ0) is 27.6. The lowest BCUT2D eigenvalue weighted by molar-refractivity contribution is 1.07. The lowest BCUT2D eigenvalue weighted by Gasteiger charge is -2.12. The Morgan fingerprint density at radius 2 is 0.976 bits per heavy atom. The second-order valence-electron chi connectivity index (χ2n) is 9.80. The number of hydrogen-bond acceptors (Lipinski definition) is 5. The summed E-state index contributed by atoms with van der Waals surface area (Å²) in [6, 6.07) is 43.7. The van der Waals surface area contributed by atoms with E-state index in [0.717, 1.165) is 50.3 Å². The molecular weight excluding hydrogens is 520 g/mol. The number of fused-ring (bicyclic) bond motifs is 1. The molecule has 5 aromatic carbocycles. The number of nitrogens with zero attached hydrogens (tertiary/aromatic N) is 4. The molecule has 0 N–H and O–H groups in total. The van der Waals surface area contributed by atoms with E-state index < -0.39 is 0 Å². The third-order valence-corrected chi connectivity index (χ3v) is 8.31. The molecule has 196 valence electrons. The minimum absolute atomic E-state index is 0.643. The summed E-state index contributed by atoms with van der Waals surface area (Å²) in [7, 11) is 0. The van der Waals surface area contributed by atoms with Crippen LogP contribution in [0.4, 0.5) is 0 Å². The van der Waals surface area contributed by atoms with E-state index in [1.807, 2.05) is 42.5 Å². The highest BCUT2D eigenvalue weighted by Gasteiger charge is 2.16. The maximum absolute atomic E-state index is 5.03.